The van der Waals surface area contributed by atoms with Crippen LogP contribution in [-0.4, -0.2) is 23.8 Å². The maximum Gasteiger partial charge on any atom is 0.293 e. The van der Waals surface area contributed by atoms with Gasteiger partial charge in [0.15, 0.2) is 5.78 Å². The quantitative estimate of drug-likeness (QED) is 0.435. The number of Topliss-reactive ketones (excluding diaryl/α,β-unsaturated/α-hetero) is 1. The highest BCUT2D eigenvalue weighted by atomic mass is 16.6. The fourth-order valence-electron chi connectivity index (χ4n) is 2.35. The Morgan fingerprint density at radius 2 is 2.15 bits per heavy atom. The van der Waals surface area contributed by atoms with Gasteiger partial charge >= 0.3 is 0 Å². The fourth-order valence-corrected chi connectivity index (χ4v) is 2.35. The molecule has 0 unspecified atom stereocenters. The Morgan fingerprint density at radius 3 is 2.65 bits per heavy atom. The highest BCUT2D eigenvalue weighted by Crippen LogP contribution is 2.35. The fraction of sp³-hybridized carbons (Fsp3) is 0.533. The molecule has 1 saturated carbocycles. The molecule has 1 aliphatic carbocycles. The van der Waals surface area contributed by atoms with Gasteiger partial charge in [0, 0.05) is 24.7 Å². The zero-order valence-electron chi connectivity index (χ0n) is 12.0. The van der Waals surface area contributed by atoms with Crippen LogP contribution in [0.15, 0.2) is 18.2 Å². The van der Waals surface area contributed by atoms with Crippen LogP contribution in [-0.2, 0) is 0 Å². The molecule has 1 aromatic rings. The molecule has 20 heavy (non-hydrogen) atoms. The highest BCUT2D eigenvalue weighted by molar-refractivity contribution is 5.95. The van der Waals surface area contributed by atoms with Crippen LogP contribution in [0.5, 0.6) is 0 Å². The van der Waals surface area contributed by atoms with Crippen LogP contribution in [0.1, 0.15) is 43.5 Å². The smallest absolute Gasteiger partial charge is 0.293 e. The Morgan fingerprint density at radius 1 is 1.45 bits per heavy atom. The summed E-state index contributed by atoms with van der Waals surface area (Å²) in [6.45, 7) is 5.16. The molecule has 5 heteroatoms. The van der Waals surface area contributed by atoms with Crippen LogP contribution >= 0.6 is 0 Å². The van der Waals surface area contributed by atoms with Crippen LogP contribution in [0, 0.1) is 16.0 Å². The number of rotatable bonds is 7. The molecule has 0 saturated heterocycles. The van der Waals surface area contributed by atoms with Crippen LogP contribution in [0.3, 0.4) is 0 Å². The van der Waals surface area contributed by atoms with Crippen LogP contribution in [0.25, 0.3) is 0 Å². The minimum absolute atomic E-state index is 0.0341. The van der Waals surface area contributed by atoms with Crippen molar-refractivity contribution in [3.8, 4) is 0 Å². The predicted molar refractivity (Wildman–Crippen MR) is 78.3 cm³/mol. The molecule has 0 amide bonds. The Hall–Kier alpha value is -1.91. The maximum absolute atomic E-state index is 11.4. The molecule has 0 aromatic heterocycles. The van der Waals surface area contributed by atoms with Gasteiger partial charge in [0.1, 0.15) is 5.69 Å². The molecule has 108 valence electrons. The molecule has 0 atom stereocenters. The summed E-state index contributed by atoms with van der Waals surface area (Å²) in [6, 6.07) is 4.79. The lowest BCUT2D eigenvalue weighted by molar-refractivity contribution is -0.384. The van der Waals surface area contributed by atoms with Crippen molar-refractivity contribution in [2.75, 3.05) is 18.0 Å². The van der Waals surface area contributed by atoms with Gasteiger partial charge in [0.25, 0.3) is 5.69 Å². The number of nitrogens with zero attached hydrogens (tertiary/aromatic N) is 2. The van der Waals surface area contributed by atoms with E-state index in [1.165, 1.54) is 25.8 Å². The standard InChI is InChI=1S/C15H20N2O3/c1-3-8-16(10-12-4-5-12)14-7-6-13(11(2)18)9-15(14)17(19)20/h6-7,9,12H,3-5,8,10H2,1-2H3. The molecule has 0 bridgehead atoms. The van der Waals surface area contributed by atoms with Crippen molar-refractivity contribution in [3.05, 3.63) is 33.9 Å². The number of benzene rings is 1. The molecule has 0 N–H and O–H groups in total. The summed E-state index contributed by atoms with van der Waals surface area (Å²) in [5.41, 5.74) is 1.06. The van der Waals surface area contributed by atoms with Gasteiger partial charge in [0.05, 0.1) is 4.92 Å². The summed E-state index contributed by atoms with van der Waals surface area (Å²) in [5.74, 6) is 0.512. The lowest BCUT2D eigenvalue weighted by atomic mass is 10.1. The van der Waals surface area contributed by atoms with E-state index in [1.807, 2.05) is 0 Å². The molecular weight excluding hydrogens is 256 g/mol. The van der Waals surface area contributed by atoms with E-state index < -0.39 is 4.92 Å². The predicted octanol–water partition coefficient (Wildman–Crippen LogP) is 3.42. The third-order valence-electron chi connectivity index (χ3n) is 3.59. The van der Waals surface area contributed by atoms with Crippen molar-refractivity contribution in [1.29, 1.82) is 0 Å². The summed E-state index contributed by atoms with van der Waals surface area (Å²) in [6.07, 6.45) is 3.36. The SMILES string of the molecule is CCCN(CC1CC1)c1ccc(C(C)=O)cc1[N+](=O)[O-]. The Labute approximate surface area is 118 Å². The molecule has 1 fully saturated rings. The molecule has 0 spiro atoms. The highest BCUT2D eigenvalue weighted by Gasteiger charge is 2.27. The molecule has 5 nitrogen and oxygen atoms in total. The summed E-state index contributed by atoms with van der Waals surface area (Å²) in [7, 11) is 0. The summed E-state index contributed by atoms with van der Waals surface area (Å²) in [5, 5.41) is 11.3. The number of carbonyl (C=O) groups excluding carboxylic acids is 1. The Balaban J connectivity index is 2.35. The van der Waals surface area contributed by atoms with E-state index in [1.54, 1.807) is 12.1 Å². The first-order chi connectivity index (χ1) is 9.52. The van der Waals surface area contributed by atoms with Gasteiger partial charge in [-0.1, -0.05) is 6.92 Å². The van der Waals surface area contributed by atoms with E-state index in [0.29, 0.717) is 17.2 Å². The second-order valence-electron chi connectivity index (χ2n) is 5.41. The van der Waals surface area contributed by atoms with E-state index >= 15 is 0 Å². The van der Waals surface area contributed by atoms with E-state index in [-0.39, 0.29) is 11.5 Å². The van der Waals surface area contributed by atoms with E-state index in [9.17, 15) is 14.9 Å². The molecule has 2 rings (SSSR count). The zero-order valence-corrected chi connectivity index (χ0v) is 12.0. The molecule has 0 heterocycles. The van der Waals surface area contributed by atoms with E-state index in [4.69, 9.17) is 0 Å². The first-order valence-corrected chi connectivity index (χ1v) is 7.07. The van der Waals surface area contributed by atoms with Gasteiger partial charge in [-0.25, -0.2) is 0 Å². The second-order valence-corrected chi connectivity index (χ2v) is 5.41. The van der Waals surface area contributed by atoms with Crippen molar-refractivity contribution in [2.45, 2.75) is 33.1 Å². The normalized spacial score (nSPS) is 14.1. The topological polar surface area (TPSA) is 63.5 Å². The van der Waals surface area contributed by atoms with Gasteiger partial charge in [-0.2, -0.15) is 0 Å². The largest absolute Gasteiger partial charge is 0.366 e. The molecular formula is C15H20N2O3. The first kappa shape index (κ1) is 14.5. The third-order valence-corrected chi connectivity index (χ3v) is 3.59. The number of nitro benzene ring substituents is 1. The van der Waals surface area contributed by atoms with Crippen LogP contribution in [0.2, 0.25) is 0 Å². The van der Waals surface area contributed by atoms with Crippen LogP contribution in [0.4, 0.5) is 11.4 Å². The number of nitro groups is 1. The first-order valence-electron chi connectivity index (χ1n) is 7.07. The van der Waals surface area contributed by atoms with E-state index in [2.05, 4.69) is 11.8 Å². The van der Waals surface area contributed by atoms with Gasteiger partial charge in [0.2, 0.25) is 0 Å². The average Bonchev–Trinajstić information content (AvgIpc) is 3.21. The molecule has 0 radical (unpaired) electrons. The number of carbonyl (C=O) groups is 1. The van der Waals surface area contributed by atoms with Gasteiger partial charge in [-0.3, -0.25) is 14.9 Å². The lowest BCUT2D eigenvalue weighted by Crippen LogP contribution is -2.27. The molecule has 0 aliphatic heterocycles. The second kappa shape index (κ2) is 6.03. The van der Waals surface area contributed by atoms with Gasteiger partial charge in [-0.15, -0.1) is 0 Å². The van der Waals surface area contributed by atoms with Crippen LogP contribution < -0.4 is 4.90 Å². The van der Waals surface area contributed by atoms with Crippen molar-refractivity contribution in [2.24, 2.45) is 5.92 Å². The minimum Gasteiger partial charge on any atom is -0.366 e. The van der Waals surface area contributed by atoms with Gasteiger partial charge < -0.3 is 4.90 Å². The number of anilines is 1. The summed E-state index contributed by atoms with van der Waals surface area (Å²) >= 11 is 0. The summed E-state index contributed by atoms with van der Waals surface area (Å²) < 4.78 is 0. The zero-order chi connectivity index (χ0) is 14.7. The van der Waals surface area contributed by atoms with Gasteiger partial charge in [-0.05, 0) is 44.2 Å². The molecule has 1 aliphatic rings. The maximum atomic E-state index is 11.4. The number of hydrogen-bond donors (Lipinski definition) is 0. The number of hydrogen-bond acceptors (Lipinski definition) is 4. The lowest BCUT2D eigenvalue weighted by Gasteiger charge is -2.24. The summed E-state index contributed by atoms with van der Waals surface area (Å²) in [4.78, 5) is 24.3. The van der Waals surface area contributed by atoms with Crippen molar-refractivity contribution in [3.63, 3.8) is 0 Å². The van der Waals surface area contributed by atoms with Crippen molar-refractivity contribution >= 4 is 17.2 Å². The molecule has 1 aromatic carbocycles. The minimum atomic E-state index is -0.392. The third kappa shape index (κ3) is 3.35. The monoisotopic (exact) mass is 276 g/mol. The number of ketones is 1. The van der Waals surface area contributed by atoms with E-state index in [0.717, 1.165) is 19.5 Å². The van der Waals surface area contributed by atoms with Crippen molar-refractivity contribution < 1.29 is 9.72 Å². The Bertz CT molecular complexity index is 524. The Kier molecular flexibility index (Phi) is 4.37. The van der Waals surface area contributed by atoms with Crippen molar-refractivity contribution in [1.82, 2.24) is 0 Å². The average molecular weight is 276 g/mol.